The van der Waals surface area contributed by atoms with E-state index < -0.39 is 24.2 Å². The number of furan rings is 1. The Bertz CT molecular complexity index is 3610. The molecule has 0 atom stereocenters. The van der Waals surface area contributed by atoms with Crippen LogP contribution in [-0.4, -0.2) is 0 Å². The van der Waals surface area contributed by atoms with Crippen molar-refractivity contribution >= 4 is 64.8 Å². The lowest BCUT2D eigenvalue weighted by Gasteiger charge is -2.19. The quantitative estimate of drug-likeness (QED) is 0.133. The van der Waals surface area contributed by atoms with E-state index in [1.165, 1.54) is 6.26 Å². The van der Waals surface area contributed by atoms with Gasteiger partial charge in [0.1, 0.15) is 5.58 Å². The van der Waals surface area contributed by atoms with Gasteiger partial charge in [-0.3, -0.25) is 0 Å². The molecule has 246 valence electrons. The van der Waals surface area contributed by atoms with E-state index in [4.69, 9.17) is 9.90 Å². The molecule has 1 nitrogen and oxygen atoms in total. The number of rotatable bonds is 4. The molecule has 1 heteroatoms. The third-order valence-electron chi connectivity index (χ3n) is 10.6. The maximum Gasteiger partial charge on any atom is 0.134 e. The molecular formula is C52H32O. The summed E-state index contributed by atoms with van der Waals surface area (Å²) < 4.78 is 80.2. The van der Waals surface area contributed by atoms with Crippen LogP contribution < -0.4 is 0 Å². The van der Waals surface area contributed by atoms with E-state index >= 15 is 0 Å². The molecule has 53 heavy (non-hydrogen) atoms. The molecule has 0 saturated carbocycles. The SMILES string of the molecule is [2H]c1c([2H])c([2H])c2c(-c3ccc(-c4ccc5ccc6ccccc6c5c4)c4ccccc34)c3c([2H])c([2H])c([2H])c([2H])c3c(-c3coc4ccc(-c5ccccc5)cc34)c2c1[2H]. The molecule has 0 amide bonds. The summed E-state index contributed by atoms with van der Waals surface area (Å²) >= 11 is 0. The minimum Gasteiger partial charge on any atom is -0.464 e. The molecule has 1 heterocycles. The van der Waals surface area contributed by atoms with Crippen LogP contribution in [0, 0.1) is 0 Å². The minimum atomic E-state index is -0.452. The van der Waals surface area contributed by atoms with Gasteiger partial charge in [0.15, 0.2) is 0 Å². The molecule has 11 aromatic rings. The normalized spacial score (nSPS) is 13.9. The van der Waals surface area contributed by atoms with E-state index in [0.29, 0.717) is 27.7 Å². The van der Waals surface area contributed by atoms with Gasteiger partial charge in [-0.25, -0.2) is 0 Å². The van der Waals surface area contributed by atoms with Gasteiger partial charge in [0, 0.05) is 16.5 Å². The zero-order valence-electron chi connectivity index (χ0n) is 36.3. The first-order chi connectivity index (χ1) is 29.6. The van der Waals surface area contributed by atoms with Crippen molar-refractivity contribution in [2.24, 2.45) is 0 Å². The Kier molecular flexibility index (Phi) is 5.07. The highest BCUT2D eigenvalue weighted by atomic mass is 16.3. The Morgan fingerprint density at radius 1 is 0.340 bits per heavy atom. The van der Waals surface area contributed by atoms with Gasteiger partial charge in [-0.2, -0.15) is 0 Å². The standard InChI is InChI=1S/C52H32O/c1-2-12-33(13-3-1)36-26-29-50-48(30-36)49(32-53-50)52-44-20-10-8-18-42(44)51(43-19-9-11-21-45(43)52)46-28-27-39(40-16-6-7-17-41(40)46)37-25-24-35-23-22-34-14-4-5-15-38(34)47(35)31-37/h1-32H/i8D,9D,10D,11D,18D,19D,20D,21D. The molecule has 0 aliphatic heterocycles. The Morgan fingerprint density at radius 2 is 0.868 bits per heavy atom. The van der Waals surface area contributed by atoms with E-state index in [2.05, 4.69) is 42.5 Å². The van der Waals surface area contributed by atoms with Crippen molar-refractivity contribution in [1.29, 1.82) is 0 Å². The molecule has 0 aliphatic rings. The maximum absolute atomic E-state index is 9.56. The van der Waals surface area contributed by atoms with Crippen LogP contribution >= 0.6 is 0 Å². The Hall–Kier alpha value is -6.96. The summed E-state index contributed by atoms with van der Waals surface area (Å²) in [5.41, 5.74) is 5.88. The van der Waals surface area contributed by atoms with Crippen LogP contribution in [0.2, 0.25) is 0 Å². The van der Waals surface area contributed by atoms with E-state index in [-0.39, 0.29) is 51.3 Å². The van der Waals surface area contributed by atoms with E-state index in [9.17, 15) is 5.48 Å². The lowest BCUT2D eigenvalue weighted by Crippen LogP contribution is -1.92. The van der Waals surface area contributed by atoms with Gasteiger partial charge in [-0.05, 0) is 105 Å². The van der Waals surface area contributed by atoms with E-state index in [1.807, 2.05) is 97.1 Å². The third kappa shape index (κ3) is 4.64. The largest absolute Gasteiger partial charge is 0.464 e. The minimum absolute atomic E-state index is 0.140. The first-order valence-corrected chi connectivity index (χ1v) is 17.6. The Labute approximate surface area is 318 Å². The van der Waals surface area contributed by atoms with Crippen molar-refractivity contribution < 1.29 is 15.4 Å². The topological polar surface area (TPSA) is 13.1 Å². The molecule has 0 aliphatic carbocycles. The molecule has 1 aromatic heterocycles. The summed E-state index contributed by atoms with van der Waals surface area (Å²) in [6.45, 7) is 0. The van der Waals surface area contributed by atoms with Gasteiger partial charge in [0.05, 0.1) is 17.2 Å². The first-order valence-electron chi connectivity index (χ1n) is 21.6. The predicted molar refractivity (Wildman–Crippen MR) is 225 cm³/mol. The zero-order valence-corrected chi connectivity index (χ0v) is 28.3. The second kappa shape index (κ2) is 11.8. The van der Waals surface area contributed by atoms with Crippen molar-refractivity contribution in [3.8, 4) is 44.5 Å². The molecule has 10 aromatic carbocycles. The fraction of sp³-hybridized carbons (Fsp3) is 0. The molecule has 0 radical (unpaired) electrons. The summed E-state index contributed by atoms with van der Waals surface area (Å²) in [6, 6.07) is 43.2. The van der Waals surface area contributed by atoms with Crippen LogP contribution in [0.1, 0.15) is 11.0 Å². The van der Waals surface area contributed by atoms with Crippen LogP contribution in [-0.2, 0) is 0 Å². The van der Waals surface area contributed by atoms with Gasteiger partial charge in [-0.1, -0.05) is 170 Å². The maximum atomic E-state index is 9.56. The second-order valence-electron chi connectivity index (χ2n) is 13.4. The molecule has 0 N–H and O–H groups in total. The van der Waals surface area contributed by atoms with Crippen molar-refractivity contribution in [3.05, 3.63) is 194 Å². The van der Waals surface area contributed by atoms with Crippen molar-refractivity contribution in [3.63, 3.8) is 0 Å². The van der Waals surface area contributed by atoms with Crippen LogP contribution in [0.4, 0.5) is 0 Å². The molecule has 0 fully saturated rings. The van der Waals surface area contributed by atoms with Gasteiger partial charge in [0.2, 0.25) is 0 Å². The van der Waals surface area contributed by atoms with E-state index in [0.717, 1.165) is 54.6 Å². The van der Waals surface area contributed by atoms with Gasteiger partial charge >= 0.3 is 0 Å². The lowest BCUT2D eigenvalue weighted by molar-refractivity contribution is 0.617. The van der Waals surface area contributed by atoms with Crippen LogP contribution in [0.15, 0.2) is 199 Å². The van der Waals surface area contributed by atoms with Crippen LogP contribution in [0.25, 0.3) is 109 Å². The molecule has 11 rings (SSSR count). The third-order valence-corrected chi connectivity index (χ3v) is 10.6. The van der Waals surface area contributed by atoms with Crippen molar-refractivity contribution in [2.75, 3.05) is 0 Å². The van der Waals surface area contributed by atoms with Gasteiger partial charge in [0.25, 0.3) is 0 Å². The highest BCUT2D eigenvalue weighted by molar-refractivity contribution is 6.25. The number of hydrogen-bond acceptors (Lipinski definition) is 1. The second-order valence-corrected chi connectivity index (χ2v) is 13.4. The smallest absolute Gasteiger partial charge is 0.134 e. The molecular weight excluding hydrogens is 641 g/mol. The average Bonchev–Trinajstić information content (AvgIpc) is 3.73. The van der Waals surface area contributed by atoms with Crippen LogP contribution in [0.3, 0.4) is 0 Å². The summed E-state index contributed by atoms with van der Waals surface area (Å²) in [5, 5.41) is 7.38. The number of hydrogen-bond donors (Lipinski definition) is 0. The summed E-state index contributed by atoms with van der Waals surface area (Å²) in [5.74, 6) is 0. The highest BCUT2D eigenvalue weighted by Crippen LogP contribution is 2.48. The van der Waals surface area contributed by atoms with E-state index in [1.54, 1.807) is 0 Å². The molecule has 0 bridgehead atoms. The monoisotopic (exact) mass is 680 g/mol. The van der Waals surface area contributed by atoms with Crippen molar-refractivity contribution in [1.82, 2.24) is 0 Å². The fourth-order valence-corrected chi connectivity index (χ4v) is 8.13. The predicted octanol–water partition coefficient (Wildman–Crippen LogP) is 14.9. The number of fused-ring (bicyclic) bond motifs is 7. The Morgan fingerprint density at radius 3 is 1.58 bits per heavy atom. The fourth-order valence-electron chi connectivity index (χ4n) is 8.13. The lowest BCUT2D eigenvalue weighted by atomic mass is 9.83. The van der Waals surface area contributed by atoms with Crippen LogP contribution in [0.5, 0.6) is 0 Å². The first kappa shape index (κ1) is 22.8. The molecule has 0 unspecified atom stereocenters. The van der Waals surface area contributed by atoms with Gasteiger partial charge in [-0.15, -0.1) is 0 Å². The van der Waals surface area contributed by atoms with Gasteiger partial charge < -0.3 is 4.42 Å². The number of benzene rings is 10. The molecule has 0 saturated heterocycles. The molecule has 0 spiro atoms. The zero-order chi connectivity index (χ0) is 41.8. The van der Waals surface area contributed by atoms with Crippen molar-refractivity contribution in [2.45, 2.75) is 0 Å². The Balaban J connectivity index is 1.28. The average molecular weight is 681 g/mol. The summed E-state index contributed by atoms with van der Waals surface area (Å²) in [7, 11) is 0. The highest BCUT2D eigenvalue weighted by Gasteiger charge is 2.21. The summed E-state index contributed by atoms with van der Waals surface area (Å²) in [4.78, 5) is 0. The summed E-state index contributed by atoms with van der Waals surface area (Å²) in [6.07, 6.45) is 1.52.